The van der Waals surface area contributed by atoms with Gasteiger partial charge in [0.25, 0.3) is 5.91 Å². The second kappa shape index (κ2) is 7.22. The van der Waals surface area contributed by atoms with E-state index in [0.29, 0.717) is 5.56 Å². The van der Waals surface area contributed by atoms with Crippen LogP contribution in [0.3, 0.4) is 0 Å². The minimum Gasteiger partial charge on any atom is -0.465 e. The van der Waals surface area contributed by atoms with Gasteiger partial charge in [-0.1, -0.05) is 30.3 Å². The average Bonchev–Trinajstić information content (AvgIpc) is 2.59. The van der Waals surface area contributed by atoms with Crippen molar-refractivity contribution >= 4 is 23.6 Å². The molecule has 112 valence electrons. The number of hydrogen-bond donors (Lipinski definition) is 0. The Hall–Kier alpha value is -2.88. The zero-order valence-corrected chi connectivity index (χ0v) is 12.5. The molecule has 0 N–H and O–H groups in total. The zero-order chi connectivity index (χ0) is 15.9. The van der Waals surface area contributed by atoms with E-state index >= 15 is 0 Å². The lowest BCUT2D eigenvalue weighted by molar-refractivity contribution is -0.113. The molecule has 0 aromatic heterocycles. The highest BCUT2D eigenvalue weighted by Gasteiger charge is 2.07. The van der Waals surface area contributed by atoms with Gasteiger partial charge >= 0.3 is 5.97 Å². The molecule has 0 saturated heterocycles. The SMILES string of the molecule is COC(=O)c1ccc(/C=C/C(=O)N(C)c2ccccc2)cc1. The summed E-state index contributed by atoms with van der Waals surface area (Å²) < 4.78 is 4.64. The minimum absolute atomic E-state index is 0.122. The fourth-order valence-corrected chi connectivity index (χ4v) is 1.91. The van der Waals surface area contributed by atoms with E-state index in [-0.39, 0.29) is 11.9 Å². The monoisotopic (exact) mass is 295 g/mol. The highest BCUT2D eigenvalue weighted by Crippen LogP contribution is 2.12. The Morgan fingerprint density at radius 1 is 1.00 bits per heavy atom. The lowest BCUT2D eigenvalue weighted by Gasteiger charge is -2.14. The number of nitrogens with zero attached hydrogens (tertiary/aromatic N) is 1. The van der Waals surface area contributed by atoms with Crippen molar-refractivity contribution in [2.75, 3.05) is 19.1 Å². The van der Waals surface area contributed by atoms with Gasteiger partial charge < -0.3 is 9.64 Å². The van der Waals surface area contributed by atoms with Crippen molar-refractivity contribution in [1.82, 2.24) is 0 Å². The molecule has 0 aliphatic carbocycles. The maximum absolute atomic E-state index is 12.1. The third-order valence-electron chi connectivity index (χ3n) is 3.22. The summed E-state index contributed by atoms with van der Waals surface area (Å²) in [5, 5.41) is 0. The normalized spacial score (nSPS) is 10.5. The first-order chi connectivity index (χ1) is 10.6. The summed E-state index contributed by atoms with van der Waals surface area (Å²) in [6.07, 6.45) is 3.21. The number of likely N-dealkylation sites (N-methyl/N-ethyl adjacent to an activating group) is 1. The quantitative estimate of drug-likeness (QED) is 0.643. The predicted molar refractivity (Wildman–Crippen MR) is 86.7 cm³/mol. The van der Waals surface area contributed by atoms with Crippen molar-refractivity contribution < 1.29 is 14.3 Å². The van der Waals surface area contributed by atoms with Crippen molar-refractivity contribution in [3.05, 3.63) is 71.8 Å². The van der Waals surface area contributed by atoms with E-state index in [1.165, 1.54) is 13.2 Å². The molecule has 4 nitrogen and oxygen atoms in total. The number of para-hydroxylation sites is 1. The molecule has 0 unspecified atom stereocenters. The molecular formula is C18H17NO3. The number of hydrogen-bond acceptors (Lipinski definition) is 3. The van der Waals surface area contributed by atoms with Crippen LogP contribution in [0.25, 0.3) is 6.08 Å². The number of rotatable bonds is 4. The largest absolute Gasteiger partial charge is 0.465 e. The Morgan fingerprint density at radius 2 is 1.64 bits per heavy atom. The van der Waals surface area contributed by atoms with Gasteiger partial charge in [0, 0.05) is 18.8 Å². The molecule has 2 aromatic carbocycles. The first-order valence-electron chi connectivity index (χ1n) is 6.81. The Labute approximate surface area is 129 Å². The van der Waals surface area contributed by atoms with Gasteiger partial charge in [-0.25, -0.2) is 4.79 Å². The molecule has 0 heterocycles. The van der Waals surface area contributed by atoms with Crippen LogP contribution in [0.4, 0.5) is 5.69 Å². The molecule has 0 fully saturated rings. The summed E-state index contributed by atoms with van der Waals surface area (Å²) in [6.45, 7) is 0. The highest BCUT2D eigenvalue weighted by atomic mass is 16.5. The second-order valence-corrected chi connectivity index (χ2v) is 4.68. The van der Waals surface area contributed by atoms with Crippen molar-refractivity contribution in [2.24, 2.45) is 0 Å². The van der Waals surface area contributed by atoms with Crippen LogP contribution >= 0.6 is 0 Å². The molecule has 22 heavy (non-hydrogen) atoms. The number of methoxy groups -OCH3 is 1. The Balaban J connectivity index is 2.05. The minimum atomic E-state index is -0.379. The molecule has 0 spiro atoms. The van der Waals surface area contributed by atoms with Gasteiger partial charge in [-0.15, -0.1) is 0 Å². The van der Waals surface area contributed by atoms with Gasteiger partial charge in [0.2, 0.25) is 0 Å². The third kappa shape index (κ3) is 3.82. The summed E-state index contributed by atoms with van der Waals surface area (Å²) in [5.74, 6) is -0.501. The number of esters is 1. The van der Waals surface area contributed by atoms with E-state index in [1.54, 1.807) is 42.3 Å². The van der Waals surface area contributed by atoms with Crippen LogP contribution in [0, 0.1) is 0 Å². The number of carbonyl (C=O) groups excluding carboxylic acids is 2. The number of anilines is 1. The molecule has 2 aromatic rings. The summed E-state index contributed by atoms with van der Waals surface area (Å²) >= 11 is 0. The Morgan fingerprint density at radius 3 is 2.23 bits per heavy atom. The topological polar surface area (TPSA) is 46.6 Å². The van der Waals surface area contributed by atoms with Crippen molar-refractivity contribution in [2.45, 2.75) is 0 Å². The van der Waals surface area contributed by atoms with Crippen molar-refractivity contribution in [3.8, 4) is 0 Å². The van der Waals surface area contributed by atoms with Gasteiger partial charge in [-0.3, -0.25) is 4.79 Å². The Bertz CT molecular complexity index is 675. The summed E-state index contributed by atoms with van der Waals surface area (Å²) in [7, 11) is 3.07. The summed E-state index contributed by atoms with van der Waals surface area (Å²) in [4.78, 5) is 25.0. The second-order valence-electron chi connectivity index (χ2n) is 4.68. The smallest absolute Gasteiger partial charge is 0.337 e. The molecule has 1 amide bonds. The van der Waals surface area contributed by atoms with Crippen LogP contribution < -0.4 is 4.90 Å². The number of amides is 1. The number of carbonyl (C=O) groups is 2. The lowest BCUT2D eigenvalue weighted by atomic mass is 10.1. The molecular weight excluding hydrogens is 278 g/mol. The van der Waals surface area contributed by atoms with Crippen LogP contribution in [-0.2, 0) is 9.53 Å². The third-order valence-corrected chi connectivity index (χ3v) is 3.22. The molecule has 0 radical (unpaired) electrons. The zero-order valence-electron chi connectivity index (χ0n) is 12.5. The molecule has 0 aliphatic rings. The highest BCUT2D eigenvalue weighted by molar-refractivity contribution is 6.03. The molecule has 2 rings (SSSR count). The summed E-state index contributed by atoms with van der Waals surface area (Å²) in [6, 6.07) is 16.3. The van der Waals surface area contributed by atoms with Gasteiger partial charge in [0.15, 0.2) is 0 Å². The lowest BCUT2D eigenvalue weighted by Crippen LogP contribution is -2.23. The van der Waals surface area contributed by atoms with Crippen LogP contribution in [0.15, 0.2) is 60.7 Å². The average molecular weight is 295 g/mol. The maximum Gasteiger partial charge on any atom is 0.337 e. The maximum atomic E-state index is 12.1. The summed E-state index contributed by atoms with van der Waals surface area (Å²) in [5.41, 5.74) is 2.15. The van der Waals surface area contributed by atoms with E-state index in [1.807, 2.05) is 30.3 Å². The number of ether oxygens (including phenoxy) is 1. The Kier molecular flexibility index (Phi) is 5.09. The van der Waals surface area contributed by atoms with Gasteiger partial charge in [-0.05, 0) is 35.9 Å². The van der Waals surface area contributed by atoms with Gasteiger partial charge in [0.05, 0.1) is 12.7 Å². The van der Waals surface area contributed by atoms with E-state index in [2.05, 4.69) is 4.74 Å². The van der Waals surface area contributed by atoms with Gasteiger partial charge in [-0.2, -0.15) is 0 Å². The van der Waals surface area contributed by atoms with Crippen LogP contribution in [0.5, 0.6) is 0 Å². The van der Waals surface area contributed by atoms with Crippen LogP contribution in [0.2, 0.25) is 0 Å². The van der Waals surface area contributed by atoms with Crippen molar-refractivity contribution in [3.63, 3.8) is 0 Å². The molecule has 0 atom stereocenters. The fourth-order valence-electron chi connectivity index (χ4n) is 1.91. The standard InChI is InChI=1S/C18H17NO3/c1-19(16-6-4-3-5-7-16)17(20)13-10-14-8-11-15(12-9-14)18(21)22-2/h3-13H,1-2H3/b13-10+. The molecule has 0 aliphatic heterocycles. The van der Waals surface area contributed by atoms with E-state index in [4.69, 9.17) is 0 Å². The van der Waals surface area contributed by atoms with Crippen molar-refractivity contribution in [1.29, 1.82) is 0 Å². The van der Waals surface area contributed by atoms with Gasteiger partial charge in [0.1, 0.15) is 0 Å². The molecule has 0 bridgehead atoms. The molecule has 4 heteroatoms. The first-order valence-corrected chi connectivity index (χ1v) is 6.81. The van der Waals surface area contributed by atoms with E-state index in [9.17, 15) is 9.59 Å². The van der Waals surface area contributed by atoms with E-state index < -0.39 is 0 Å². The number of benzene rings is 2. The first kappa shape index (κ1) is 15.5. The fraction of sp³-hybridized carbons (Fsp3) is 0.111. The molecule has 0 saturated carbocycles. The van der Waals surface area contributed by atoms with E-state index in [0.717, 1.165) is 11.3 Å². The predicted octanol–water partition coefficient (Wildman–Crippen LogP) is 3.15. The van der Waals surface area contributed by atoms with Crippen LogP contribution in [-0.4, -0.2) is 26.0 Å². The van der Waals surface area contributed by atoms with Crippen LogP contribution in [0.1, 0.15) is 15.9 Å².